The Morgan fingerprint density at radius 2 is 1.67 bits per heavy atom. The van der Waals surface area contributed by atoms with Gasteiger partial charge in [0.2, 0.25) is 0 Å². The van der Waals surface area contributed by atoms with E-state index in [0.717, 1.165) is 30.9 Å². The number of nitrogens with one attached hydrogen (secondary N) is 1. The van der Waals surface area contributed by atoms with E-state index in [9.17, 15) is 0 Å². The minimum atomic E-state index is 0.753. The van der Waals surface area contributed by atoms with Gasteiger partial charge in [-0.05, 0) is 24.5 Å². The monoisotopic (exact) mass is 241 g/mol. The van der Waals surface area contributed by atoms with Crippen LogP contribution in [0, 0.1) is 6.92 Å². The summed E-state index contributed by atoms with van der Waals surface area (Å²) in [5.74, 6) is 0. The largest absolute Gasteiger partial charge is 0.307 e. The van der Waals surface area contributed by atoms with Crippen LogP contribution in [0.15, 0.2) is 36.7 Å². The van der Waals surface area contributed by atoms with Crippen LogP contribution in [-0.2, 0) is 19.5 Å². The molecule has 2 rings (SSSR count). The van der Waals surface area contributed by atoms with Crippen molar-refractivity contribution in [1.29, 1.82) is 0 Å². The first-order valence-electron chi connectivity index (χ1n) is 6.34. The van der Waals surface area contributed by atoms with Crippen molar-refractivity contribution in [3.05, 3.63) is 59.2 Å². The minimum absolute atomic E-state index is 0.753. The molecule has 0 radical (unpaired) electrons. The minimum Gasteiger partial charge on any atom is -0.307 e. The maximum Gasteiger partial charge on any atom is 0.0724 e. The Bertz CT molecular complexity index is 474. The van der Waals surface area contributed by atoms with Gasteiger partial charge in [-0.25, -0.2) is 0 Å². The molecule has 3 heteroatoms. The van der Waals surface area contributed by atoms with Crippen LogP contribution in [0.25, 0.3) is 0 Å². The summed E-state index contributed by atoms with van der Waals surface area (Å²) < 4.78 is 0. The molecule has 0 aliphatic carbocycles. The predicted molar refractivity (Wildman–Crippen MR) is 73.1 cm³/mol. The Labute approximate surface area is 108 Å². The standard InChI is InChI=1S/C15H19N3/c1-3-13-4-6-14(7-5-13)9-16-10-15-11-17-12(2)8-18-15/h4-8,11,16H,3,9-10H2,1-2H3. The van der Waals surface area contributed by atoms with E-state index in [1.54, 1.807) is 6.20 Å². The van der Waals surface area contributed by atoms with Crippen LogP contribution in [0.5, 0.6) is 0 Å². The Morgan fingerprint density at radius 1 is 0.944 bits per heavy atom. The van der Waals surface area contributed by atoms with Gasteiger partial charge in [0.05, 0.1) is 11.4 Å². The van der Waals surface area contributed by atoms with Crippen LogP contribution in [0.4, 0.5) is 0 Å². The lowest BCUT2D eigenvalue weighted by atomic mass is 10.1. The molecule has 1 N–H and O–H groups in total. The van der Waals surface area contributed by atoms with E-state index in [0.29, 0.717) is 0 Å². The van der Waals surface area contributed by atoms with Crippen LogP contribution in [0.3, 0.4) is 0 Å². The molecular weight excluding hydrogens is 222 g/mol. The smallest absolute Gasteiger partial charge is 0.0724 e. The van der Waals surface area contributed by atoms with Crippen molar-refractivity contribution in [2.24, 2.45) is 0 Å². The molecule has 0 bridgehead atoms. The Morgan fingerprint density at radius 3 is 2.28 bits per heavy atom. The molecule has 2 aromatic rings. The highest BCUT2D eigenvalue weighted by Crippen LogP contribution is 2.05. The lowest BCUT2D eigenvalue weighted by Gasteiger charge is -2.05. The van der Waals surface area contributed by atoms with Gasteiger partial charge in [0, 0.05) is 25.5 Å². The molecular formula is C15H19N3. The highest BCUT2D eigenvalue weighted by atomic mass is 14.9. The van der Waals surface area contributed by atoms with Gasteiger partial charge in [0.1, 0.15) is 0 Å². The molecule has 1 aromatic heterocycles. The van der Waals surface area contributed by atoms with E-state index in [1.165, 1.54) is 11.1 Å². The fraction of sp³-hybridized carbons (Fsp3) is 0.333. The lowest BCUT2D eigenvalue weighted by Crippen LogP contribution is -2.13. The van der Waals surface area contributed by atoms with E-state index in [2.05, 4.69) is 46.5 Å². The molecule has 0 unspecified atom stereocenters. The Hall–Kier alpha value is -1.74. The summed E-state index contributed by atoms with van der Waals surface area (Å²) in [5.41, 5.74) is 4.61. The summed E-state index contributed by atoms with van der Waals surface area (Å²) in [6.45, 7) is 5.73. The lowest BCUT2D eigenvalue weighted by molar-refractivity contribution is 0.675. The maximum atomic E-state index is 4.31. The number of nitrogens with zero attached hydrogens (tertiary/aromatic N) is 2. The Kier molecular flexibility index (Phi) is 4.42. The summed E-state index contributed by atoms with van der Waals surface area (Å²) in [7, 11) is 0. The second-order valence-electron chi connectivity index (χ2n) is 4.42. The summed E-state index contributed by atoms with van der Waals surface area (Å²) in [6.07, 6.45) is 4.71. The van der Waals surface area contributed by atoms with Gasteiger partial charge in [-0.3, -0.25) is 9.97 Å². The van der Waals surface area contributed by atoms with E-state index in [1.807, 2.05) is 13.1 Å². The fourth-order valence-corrected chi connectivity index (χ4v) is 1.74. The number of rotatable bonds is 5. The number of aryl methyl sites for hydroxylation is 2. The van der Waals surface area contributed by atoms with Crippen LogP contribution in [0.1, 0.15) is 29.4 Å². The van der Waals surface area contributed by atoms with Crippen molar-refractivity contribution in [2.75, 3.05) is 0 Å². The first kappa shape index (κ1) is 12.7. The summed E-state index contributed by atoms with van der Waals surface area (Å²) >= 11 is 0. The van der Waals surface area contributed by atoms with Crippen LogP contribution in [-0.4, -0.2) is 9.97 Å². The third-order valence-corrected chi connectivity index (χ3v) is 2.90. The molecule has 0 saturated heterocycles. The second-order valence-corrected chi connectivity index (χ2v) is 4.42. The number of aromatic nitrogens is 2. The van der Waals surface area contributed by atoms with Crippen molar-refractivity contribution < 1.29 is 0 Å². The molecule has 0 spiro atoms. The average Bonchev–Trinajstić information content (AvgIpc) is 2.42. The van der Waals surface area contributed by atoms with Crippen molar-refractivity contribution >= 4 is 0 Å². The zero-order valence-corrected chi connectivity index (χ0v) is 11.0. The SMILES string of the molecule is CCc1ccc(CNCc2cnc(C)cn2)cc1. The van der Waals surface area contributed by atoms with Gasteiger partial charge in [0.25, 0.3) is 0 Å². The molecule has 0 amide bonds. The highest BCUT2D eigenvalue weighted by Gasteiger charge is 1.96. The topological polar surface area (TPSA) is 37.8 Å². The third kappa shape index (κ3) is 3.64. The Balaban J connectivity index is 1.82. The third-order valence-electron chi connectivity index (χ3n) is 2.90. The van der Waals surface area contributed by atoms with Crippen molar-refractivity contribution in [2.45, 2.75) is 33.4 Å². The van der Waals surface area contributed by atoms with E-state index in [-0.39, 0.29) is 0 Å². The molecule has 0 aliphatic heterocycles. The fourth-order valence-electron chi connectivity index (χ4n) is 1.74. The normalized spacial score (nSPS) is 10.6. The first-order valence-corrected chi connectivity index (χ1v) is 6.34. The number of hydrogen-bond donors (Lipinski definition) is 1. The summed E-state index contributed by atoms with van der Waals surface area (Å²) in [6, 6.07) is 8.71. The van der Waals surface area contributed by atoms with Gasteiger partial charge in [-0.1, -0.05) is 31.2 Å². The quantitative estimate of drug-likeness (QED) is 0.874. The van der Waals surface area contributed by atoms with Crippen molar-refractivity contribution in [1.82, 2.24) is 15.3 Å². The number of hydrogen-bond acceptors (Lipinski definition) is 3. The molecule has 94 valence electrons. The highest BCUT2D eigenvalue weighted by molar-refractivity contribution is 5.22. The second kappa shape index (κ2) is 6.26. The molecule has 1 heterocycles. The van der Waals surface area contributed by atoms with Gasteiger partial charge in [-0.15, -0.1) is 0 Å². The maximum absolute atomic E-state index is 4.31. The molecule has 18 heavy (non-hydrogen) atoms. The predicted octanol–water partition coefficient (Wildman–Crippen LogP) is 2.64. The molecule has 0 saturated carbocycles. The number of benzene rings is 1. The molecule has 1 aromatic carbocycles. The molecule has 0 fully saturated rings. The van der Waals surface area contributed by atoms with Crippen molar-refractivity contribution in [3.63, 3.8) is 0 Å². The zero-order chi connectivity index (χ0) is 12.8. The first-order chi connectivity index (χ1) is 8.78. The van der Waals surface area contributed by atoms with E-state index >= 15 is 0 Å². The molecule has 0 atom stereocenters. The van der Waals surface area contributed by atoms with Gasteiger partial charge < -0.3 is 5.32 Å². The van der Waals surface area contributed by atoms with Gasteiger partial charge in [-0.2, -0.15) is 0 Å². The van der Waals surface area contributed by atoms with Crippen molar-refractivity contribution in [3.8, 4) is 0 Å². The van der Waals surface area contributed by atoms with Crippen LogP contribution >= 0.6 is 0 Å². The van der Waals surface area contributed by atoms with Gasteiger partial charge >= 0.3 is 0 Å². The van der Waals surface area contributed by atoms with E-state index in [4.69, 9.17) is 0 Å². The van der Waals surface area contributed by atoms with Gasteiger partial charge in [0.15, 0.2) is 0 Å². The molecule has 0 aliphatic rings. The summed E-state index contributed by atoms with van der Waals surface area (Å²) in [4.78, 5) is 8.54. The van der Waals surface area contributed by atoms with E-state index < -0.39 is 0 Å². The van der Waals surface area contributed by atoms with Crippen LogP contribution in [0.2, 0.25) is 0 Å². The van der Waals surface area contributed by atoms with Crippen LogP contribution < -0.4 is 5.32 Å². The average molecular weight is 241 g/mol. The molecule has 3 nitrogen and oxygen atoms in total. The summed E-state index contributed by atoms with van der Waals surface area (Å²) in [5, 5.41) is 3.37. The zero-order valence-electron chi connectivity index (χ0n) is 11.0.